The van der Waals surface area contributed by atoms with E-state index in [1.54, 1.807) is 6.07 Å². The summed E-state index contributed by atoms with van der Waals surface area (Å²) in [5.74, 6) is 0.464. The Morgan fingerprint density at radius 1 is 1.31 bits per heavy atom. The van der Waals surface area contributed by atoms with Crippen molar-refractivity contribution in [2.75, 3.05) is 24.6 Å². The maximum absolute atomic E-state index is 12.5. The molecule has 1 unspecified atom stereocenters. The van der Waals surface area contributed by atoms with E-state index in [-0.39, 0.29) is 12.0 Å². The third-order valence-electron chi connectivity index (χ3n) is 5.00. The van der Waals surface area contributed by atoms with Gasteiger partial charge in [0.2, 0.25) is 5.95 Å². The highest BCUT2D eigenvalue weighted by molar-refractivity contribution is 5.92. The first-order valence-electron chi connectivity index (χ1n) is 9.26. The van der Waals surface area contributed by atoms with Crippen molar-refractivity contribution in [3.63, 3.8) is 0 Å². The Balaban J connectivity index is 1.48. The number of nitrogens with one attached hydrogen (secondary N) is 1. The molecule has 2 aliphatic heterocycles. The van der Waals surface area contributed by atoms with Gasteiger partial charge in [0.15, 0.2) is 0 Å². The zero-order valence-corrected chi connectivity index (χ0v) is 15.1. The molecule has 3 heterocycles. The van der Waals surface area contributed by atoms with Crippen molar-refractivity contribution in [1.29, 1.82) is 0 Å². The van der Waals surface area contributed by atoms with Crippen molar-refractivity contribution >= 4 is 11.9 Å². The van der Waals surface area contributed by atoms with Gasteiger partial charge in [-0.15, -0.1) is 0 Å². The third-order valence-corrected chi connectivity index (χ3v) is 5.00. The van der Waals surface area contributed by atoms with Gasteiger partial charge in [-0.05, 0) is 43.4 Å². The SMILES string of the molecule is Cc1cc(C(=O)NCC2CCCO2)nc(N2CCc3ccccc3C2)n1. The molecule has 26 heavy (non-hydrogen) atoms. The summed E-state index contributed by atoms with van der Waals surface area (Å²) in [6, 6.07) is 10.2. The van der Waals surface area contributed by atoms with Gasteiger partial charge < -0.3 is 15.0 Å². The van der Waals surface area contributed by atoms with Crippen LogP contribution in [0.5, 0.6) is 0 Å². The molecule has 0 bridgehead atoms. The van der Waals surface area contributed by atoms with Crippen molar-refractivity contribution in [3.8, 4) is 0 Å². The first-order chi connectivity index (χ1) is 12.7. The topological polar surface area (TPSA) is 67.3 Å². The summed E-state index contributed by atoms with van der Waals surface area (Å²) in [5, 5.41) is 2.94. The van der Waals surface area contributed by atoms with Crippen LogP contribution in [0.2, 0.25) is 0 Å². The lowest BCUT2D eigenvalue weighted by molar-refractivity contribution is 0.0853. The molecule has 1 aromatic carbocycles. The van der Waals surface area contributed by atoms with E-state index in [4.69, 9.17) is 4.74 Å². The number of hydrogen-bond acceptors (Lipinski definition) is 5. The first kappa shape index (κ1) is 17.0. The van der Waals surface area contributed by atoms with E-state index in [9.17, 15) is 4.79 Å². The van der Waals surface area contributed by atoms with Gasteiger partial charge in [-0.25, -0.2) is 9.97 Å². The summed E-state index contributed by atoms with van der Waals surface area (Å²) in [6.45, 7) is 4.86. The number of aryl methyl sites for hydroxylation is 1. The predicted octanol–water partition coefficient (Wildman–Crippen LogP) is 2.26. The van der Waals surface area contributed by atoms with E-state index in [0.717, 1.165) is 44.7 Å². The molecule has 2 aromatic rings. The van der Waals surface area contributed by atoms with Crippen LogP contribution in [-0.4, -0.2) is 41.7 Å². The van der Waals surface area contributed by atoms with E-state index < -0.39 is 0 Å². The van der Waals surface area contributed by atoms with E-state index in [1.165, 1.54) is 11.1 Å². The molecular formula is C20H24N4O2. The number of rotatable bonds is 4. The number of carbonyl (C=O) groups excluding carboxylic acids is 1. The van der Waals surface area contributed by atoms with Gasteiger partial charge in [-0.3, -0.25) is 4.79 Å². The molecule has 0 saturated carbocycles. The van der Waals surface area contributed by atoms with Crippen molar-refractivity contribution in [1.82, 2.24) is 15.3 Å². The number of aromatic nitrogens is 2. The smallest absolute Gasteiger partial charge is 0.270 e. The zero-order chi connectivity index (χ0) is 17.9. The van der Waals surface area contributed by atoms with Crippen LogP contribution in [-0.2, 0) is 17.7 Å². The molecule has 0 aliphatic carbocycles. The molecule has 1 atom stereocenters. The average molecular weight is 352 g/mol. The molecule has 2 aliphatic rings. The molecule has 4 rings (SSSR count). The van der Waals surface area contributed by atoms with Gasteiger partial charge in [-0.1, -0.05) is 24.3 Å². The van der Waals surface area contributed by atoms with Gasteiger partial charge >= 0.3 is 0 Å². The van der Waals surface area contributed by atoms with E-state index >= 15 is 0 Å². The van der Waals surface area contributed by atoms with Gasteiger partial charge in [0, 0.05) is 31.9 Å². The van der Waals surface area contributed by atoms with Crippen LogP contribution >= 0.6 is 0 Å². The molecule has 1 fully saturated rings. The van der Waals surface area contributed by atoms with Crippen LogP contribution in [0.25, 0.3) is 0 Å². The minimum Gasteiger partial charge on any atom is -0.376 e. The van der Waals surface area contributed by atoms with E-state index in [0.29, 0.717) is 18.2 Å². The normalized spacial score (nSPS) is 19.3. The van der Waals surface area contributed by atoms with Crippen LogP contribution < -0.4 is 10.2 Å². The largest absolute Gasteiger partial charge is 0.376 e. The molecule has 0 spiro atoms. The van der Waals surface area contributed by atoms with Gasteiger partial charge in [0.25, 0.3) is 5.91 Å². The Labute approximate surface area is 153 Å². The van der Waals surface area contributed by atoms with Gasteiger partial charge in [0.05, 0.1) is 6.10 Å². The Bertz CT molecular complexity index is 802. The highest BCUT2D eigenvalue weighted by atomic mass is 16.5. The lowest BCUT2D eigenvalue weighted by atomic mass is 10.0. The van der Waals surface area contributed by atoms with Crippen LogP contribution in [0, 0.1) is 6.92 Å². The molecule has 0 radical (unpaired) electrons. The van der Waals surface area contributed by atoms with Crippen LogP contribution in [0.15, 0.2) is 30.3 Å². The third kappa shape index (κ3) is 3.70. The predicted molar refractivity (Wildman–Crippen MR) is 99.3 cm³/mol. The fourth-order valence-electron chi connectivity index (χ4n) is 3.58. The number of amides is 1. The fourth-order valence-corrected chi connectivity index (χ4v) is 3.58. The minimum atomic E-state index is -0.162. The second-order valence-corrected chi connectivity index (χ2v) is 6.98. The first-order valence-corrected chi connectivity index (χ1v) is 9.26. The number of benzene rings is 1. The van der Waals surface area contributed by atoms with Gasteiger partial charge in [-0.2, -0.15) is 0 Å². The quantitative estimate of drug-likeness (QED) is 0.914. The molecule has 1 N–H and O–H groups in total. The second-order valence-electron chi connectivity index (χ2n) is 6.98. The number of fused-ring (bicyclic) bond motifs is 1. The Kier molecular flexibility index (Phi) is 4.84. The summed E-state index contributed by atoms with van der Waals surface area (Å²) in [6.07, 6.45) is 3.16. The molecule has 136 valence electrons. The maximum atomic E-state index is 12.5. The van der Waals surface area contributed by atoms with Crippen LogP contribution in [0.3, 0.4) is 0 Å². The molecule has 1 aromatic heterocycles. The monoisotopic (exact) mass is 352 g/mol. The summed E-state index contributed by atoms with van der Waals surface area (Å²) in [5.41, 5.74) is 3.90. The average Bonchev–Trinajstić information content (AvgIpc) is 3.19. The van der Waals surface area contributed by atoms with Crippen molar-refractivity contribution in [2.45, 2.75) is 38.8 Å². The van der Waals surface area contributed by atoms with E-state index in [1.807, 2.05) is 6.92 Å². The summed E-state index contributed by atoms with van der Waals surface area (Å²) >= 11 is 0. The molecule has 1 saturated heterocycles. The van der Waals surface area contributed by atoms with Crippen molar-refractivity contribution in [2.24, 2.45) is 0 Å². The maximum Gasteiger partial charge on any atom is 0.270 e. The molecule has 6 nitrogen and oxygen atoms in total. The van der Waals surface area contributed by atoms with Crippen LogP contribution in [0.1, 0.15) is 40.2 Å². The standard InChI is InChI=1S/C20H24N4O2/c1-14-11-18(19(25)21-12-17-7-4-10-26-17)23-20(22-14)24-9-8-15-5-2-3-6-16(15)13-24/h2-3,5-6,11,17H,4,7-10,12-13H2,1H3,(H,21,25). The number of carbonyl (C=O) groups is 1. The number of hydrogen-bond donors (Lipinski definition) is 1. The summed E-state index contributed by atoms with van der Waals surface area (Å²) in [4.78, 5) is 23.8. The highest BCUT2D eigenvalue weighted by Gasteiger charge is 2.21. The van der Waals surface area contributed by atoms with Crippen LogP contribution in [0.4, 0.5) is 5.95 Å². The fraction of sp³-hybridized carbons (Fsp3) is 0.450. The molecule has 6 heteroatoms. The summed E-state index contributed by atoms with van der Waals surface area (Å²) < 4.78 is 5.56. The number of anilines is 1. The number of ether oxygens (including phenoxy) is 1. The lowest BCUT2D eigenvalue weighted by Crippen LogP contribution is -2.34. The minimum absolute atomic E-state index is 0.125. The Hall–Kier alpha value is -2.47. The molecular weight excluding hydrogens is 328 g/mol. The second kappa shape index (κ2) is 7.41. The van der Waals surface area contributed by atoms with Crippen molar-refractivity contribution in [3.05, 3.63) is 52.8 Å². The number of nitrogens with zero attached hydrogens (tertiary/aromatic N) is 3. The van der Waals surface area contributed by atoms with Crippen molar-refractivity contribution < 1.29 is 9.53 Å². The molecule has 1 amide bonds. The van der Waals surface area contributed by atoms with E-state index in [2.05, 4.69) is 44.5 Å². The zero-order valence-electron chi connectivity index (χ0n) is 15.1. The highest BCUT2D eigenvalue weighted by Crippen LogP contribution is 2.22. The van der Waals surface area contributed by atoms with Gasteiger partial charge in [0.1, 0.15) is 5.69 Å². The Morgan fingerprint density at radius 2 is 2.15 bits per heavy atom. The summed E-state index contributed by atoms with van der Waals surface area (Å²) in [7, 11) is 0. The lowest BCUT2D eigenvalue weighted by Gasteiger charge is -2.29. The Morgan fingerprint density at radius 3 is 2.96 bits per heavy atom.